The topological polar surface area (TPSA) is 76.4 Å². The van der Waals surface area contributed by atoms with Gasteiger partial charge in [-0.2, -0.15) is 0 Å². The van der Waals surface area contributed by atoms with Crippen LogP contribution < -0.4 is 15.4 Å². The van der Waals surface area contributed by atoms with Gasteiger partial charge in [0.05, 0.1) is 20.2 Å². The number of rotatable bonds is 8. The summed E-state index contributed by atoms with van der Waals surface area (Å²) >= 11 is 0. The Morgan fingerprint density at radius 2 is 1.73 bits per heavy atom. The van der Waals surface area contributed by atoms with E-state index >= 15 is 0 Å². The largest absolute Gasteiger partial charge is 0.497 e. The molecule has 2 N–H and O–H groups in total. The summed E-state index contributed by atoms with van der Waals surface area (Å²) in [7, 11) is 3.58. The predicted molar refractivity (Wildman–Crippen MR) is 115 cm³/mol. The minimum atomic E-state index is -0.228. The molecule has 3 rings (SSSR count). The van der Waals surface area contributed by atoms with Crippen molar-refractivity contribution in [3.63, 3.8) is 0 Å². The number of aryl methyl sites for hydroxylation is 1. The Balaban J connectivity index is 1.62. The van der Waals surface area contributed by atoms with Crippen molar-refractivity contribution in [1.82, 2.24) is 25.4 Å². The number of ether oxygens (including phenoxy) is 1. The van der Waals surface area contributed by atoms with Crippen LogP contribution in [0.25, 0.3) is 0 Å². The fourth-order valence-corrected chi connectivity index (χ4v) is 2.82. The number of aliphatic imine (C=N–C) groups is 1. The highest BCUT2D eigenvalue weighted by Gasteiger charge is 2.06. The van der Waals surface area contributed by atoms with E-state index in [0.717, 1.165) is 34.9 Å². The molecule has 0 atom stereocenters. The molecule has 0 saturated heterocycles. The highest BCUT2D eigenvalue weighted by atomic mass is 19.1. The molecule has 0 aliphatic rings. The van der Waals surface area contributed by atoms with Gasteiger partial charge in [-0.25, -0.2) is 9.38 Å². The van der Waals surface area contributed by atoms with E-state index in [-0.39, 0.29) is 5.82 Å². The average Bonchev–Trinajstić information content (AvgIpc) is 3.09. The molecular weight excluding hydrogens is 383 g/mol. The van der Waals surface area contributed by atoms with Crippen molar-refractivity contribution >= 4 is 5.96 Å². The molecule has 30 heavy (non-hydrogen) atoms. The molecule has 0 radical (unpaired) electrons. The minimum absolute atomic E-state index is 0.228. The van der Waals surface area contributed by atoms with Gasteiger partial charge in [-0.1, -0.05) is 24.3 Å². The maximum atomic E-state index is 13.1. The lowest BCUT2D eigenvalue weighted by molar-refractivity contribution is 0.414. The standard InChI is InChI=1S/C22H27FN6O/c1-16-27-28-21(29(16)2)15-26-22(24-13-12-17-4-8-19(23)9-5-17)25-14-18-6-10-20(30-3)11-7-18/h4-11H,12-15H2,1-3H3,(H2,24,25,26). The van der Waals surface area contributed by atoms with E-state index in [1.165, 1.54) is 12.1 Å². The van der Waals surface area contributed by atoms with Gasteiger partial charge < -0.3 is 19.9 Å². The number of halogens is 1. The second-order valence-electron chi connectivity index (χ2n) is 6.89. The molecule has 2 aromatic carbocycles. The zero-order chi connectivity index (χ0) is 21.3. The lowest BCUT2D eigenvalue weighted by Crippen LogP contribution is -2.38. The molecule has 1 heterocycles. The van der Waals surface area contributed by atoms with Crippen molar-refractivity contribution in [3.8, 4) is 5.75 Å². The van der Waals surface area contributed by atoms with E-state index < -0.39 is 0 Å². The third kappa shape index (κ3) is 6.04. The van der Waals surface area contributed by atoms with Crippen LogP contribution in [0, 0.1) is 12.7 Å². The number of benzene rings is 2. The van der Waals surface area contributed by atoms with E-state index in [4.69, 9.17) is 4.74 Å². The normalized spacial score (nSPS) is 11.4. The Bertz CT molecular complexity index is 966. The van der Waals surface area contributed by atoms with Crippen LogP contribution in [0.4, 0.5) is 4.39 Å². The fraction of sp³-hybridized carbons (Fsp3) is 0.318. The molecule has 0 aliphatic carbocycles. The minimum Gasteiger partial charge on any atom is -0.497 e. The third-order valence-electron chi connectivity index (χ3n) is 4.79. The summed E-state index contributed by atoms with van der Waals surface area (Å²) in [4.78, 5) is 4.68. The SMILES string of the molecule is COc1ccc(CN=C(NCCc2ccc(F)cc2)NCc2nnc(C)n2C)cc1. The van der Waals surface area contributed by atoms with Crippen molar-refractivity contribution in [3.05, 3.63) is 77.1 Å². The van der Waals surface area contributed by atoms with Crippen LogP contribution in [0.3, 0.4) is 0 Å². The van der Waals surface area contributed by atoms with Gasteiger partial charge in [0, 0.05) is 13.6 Å². The molecular formula is C22H27FN6O. The molecule has 0 bridgehead atoms. The van der Waals surface area contributed by atoms with Crippen LogP contribution in [0.2, 0.25) is 0 Å². The number of nitrogens with one attached hydrogen (secondary N) is 2. The third-order valence-corrected chi connectivity index (χ3v) is 4.79. The summed E-state index contributed by atoms with van der Waals surface area (Å²) in [5, 5.41) is 14.9. The van der Waals surface area contributed by atoms with Crippen molar-refractivity contribution in [2.45, 2.75) is 26.4 Å². The number of methoxy groups -OCH3 is 1. The first kappa shape index (κ1) is 21.3. The maximum Gasteiger partial charge on any atom is 0.191 e. The summed E-state index contributed by atoms with van der Waals surface area (Å²) in [5.74, 6) is 2.94. The first-order chi connectivity index (χ1) is 14.5. The van der Waals surface area contributed by atoms with Crippen LogP contribution in [-0.4, -0.2) is 34.4 Å². The van der Waals surface area contributed by atoms with Crippen molar-refractivity contribution in [2.75, 3.05) is 13.7 Å². The Kier molecular flexibility index (Phi) is 7.37. The molecule has 1 aromatic heterocycles. The molecule has 0 fully saturated rings. The molecule has 0 spiro atoms. The lowest BCUT2D eigenvalue weighted by Gasteiger charge is -2.13. The van der Waals surface area contributed by atoms with E-state index in [0.29, 0.717) is 25.6 Å². The molecule has 0 amide bonds. The van der Waals surface area contributed by atoms with Crippen molar-refractivity contribution in [1.29, 1.82) is 0 Å². The molecule has 0 saturated carbocycles. The van der Waals surface area contributed by atoms with E-state index in [1.807, 2.05) is 42.8 Å². The molecule has 0 unspecified atom stereocenters. The summed E-state index contributed by atoms with van der Waals surface area (Å²) in [6, 6.07) is 14.4. The zero-order valence-corrected chi connectivity index (χ0v) is 17.5. The number of aromatic nitrogens is 3. The number of hydrogen-bond acceptors (Lipinski definition) is 4. The van der Waals surface area contributed by atoms with E-state index in [1.54, 1.807) is 19.2 Å². The van der Waals surface area contributed by atoms with Crippen molar-refractivity contribution < 1.29 is 9.13 Å². The number of guanidine groups is 1. The number of hydrogen-bond donors (Lipinski definition) is 2. The first-order valence-electron chi connectivity index (χ1n) is 9.79. The fourth-order valence-electron chi connectivity index (χ4n) is 2.82. The van der Waals surface area contributed by atoms with Gasteiger partial charge in [-0.15, -0.1) is 10.2 Å². The molecule has 0 aliphatic heterocycles. The predicted octanol–water partition coefficient (Wildman–Crippen LogP) is 2.75. The Morgan fingerprint density at radius 3 is 2.37 bits per heavy atom. The molecule has 7 nitrogen and oxygen atoms in total. The lowest BCUT2D eigenvalue weighted by atomic mass is 10.1. The second kappa shape index (κ2) is 10.4. The zero-order valence-electron chi connectivity index (χ0n) is 17.5. The van der Waals surface area contributed by atoms with Gasteiger partial charge in [0.2, 0.25) is 0 Å². The van der Waals surface area contributed by atoms with Gasteiger partial charge in [0.1, 0.15) is 17.4 Å². The summed E-state index contributed by atoms with van der Waals surface area (Å²) in [6.45, 7) is 3.60. The van der Waals surface area contributed by atoms with Crippen LogP contribution in [0.5, 0.6) is 5.75 Å². The van der Waals surface area contributed by atoms with Crippen molar-refractivity contribution in [2.24, 2.45) is 12.0 Å². The Morgan fingerprint density at radius 1 is 1.03 bits per heavy atom. The quantitative estimate of drug-likeness (QED) is 0.441. The van der Waals surface area contributed by atoms with E-state index in [2.05, 4.69) is 25.8 Å². The molecule has 8 heteroatoms. The van der Waals surface area contributed by atoms with Gasteiger partial charge in [-0.3, -0.25) is 0 Å². The van der Waals surface area contributed by atoms with E-state index in [9.17, 15) is 4.39 Å². The summed E-state index contributed by atoms with van der Waals surface area (Å²) in [5.41, 5.74) is 2.13. The highest BCUT2D eigenvalue weighted by Crippen LogP contribution is 2.12. The van der Waals surface area contributed by atoms with Gasteiger partial charge in [0.25, 0.3) is 0 Å². The summed E-state index contributed by atoms with van der Waals surface area (Å²) < 4.78 is 20.2. The van der Waals surface area contributed by atoms with Crippen LogP contribution in [0.15, 0.2) is 53.5 Å². The van der Waals surface area contributed by atoms with Crippen LogP contribution >= 0.6 is 0 Å². The second-order valence-corrected chi connectivity index (χ2v) is 6.89. The maximum absolute atomic E-state index is 13.1. The van der Waals surface area contributed by atoms with Crippen LogP contribution in [0.1, 0.15) is 22.8 Å². The van der Waals surface area contributed by atoms with Gasteiger partial charge >= 0.3 is 0 Å². The smallest absolute Gasteiger partial charge is 0.191 e. The average molecular weight is 410 g/mol. The molecule has 158 valence electrons. The summed E-state index contributed by atoms with van der Waals surface area (Å²) in [6.07, 6.45) is 0.757. The van der Waals surface area contributed by atoms with Crippen LogP contribution in [-0.2, 0) is 26.6 Å². The Labute approximate surface area is 176 Å². The van der Waals surface area contributed by atoms with Gasteiger partial charge in [-0.05, 0) is 48.7 Å². The Hall–Kier alpha value is -3.42. The number of nitrogens with zero attached hydrogens (tertiary/aromatic N) is 4. The first-order valence-corrected chi connectivity index (χ1v) is 9.79. The highest BCUT2D eigenvalue weighted by molar-refractivity contribution is 5.79. The monoisotopic (exact) mass is 410 g/mol. The molecule has 3 aromatic rings. The van der Waals surface area contributed by atoms with Gasteiger partial charge in [0.15, 0.2) is 11.8 Å².